The number of carbonyl (C=O) groups is 1. The van der Waals surface area contributed by atoms with E-state index in [2.05, 4.69) is 4.98 Å². The van der Waals surface area contributed by atoms with E-state index in [1.807, 2.05) is 13.8 Å². The van der Waals surface area contributed by atoms with Crippen molar-refractivity contribution in [3.05, 3.63) is 35.3 Å². The number of hydrogen-bond donors (Lipinski definition) is 0. The summed E-state index contributed by atoms with van der Waals surface area (Å²) in [6, 6.07) is 4.73. The van der Waals surface area contributed by atoms with Crippen LogP contribution in [0.2, 0.25) is 0 Å². The summed E-state index contributed by atoms with van der Waals surface area (Å²) in [6.07, 6.45) is 2.44. The number of nitrogens with zero attached hydrogens (tertiary/aromatic N) is 1. The van der Waals surface area contributed by atoms with E-state index in [0.717, 1.165) is 24.1 Å². The van der Waals surface area contributed by atoms with Gasteiger partial charge in [-0.3, -0.25) is 4.79 Å². The standard InChI is InChI=1S/C16H16FNO2/c1-3-13-9(2)15(20-16(19)10-7-8-10)11-5-4-6-12(17)14(11)18-13/h4-6,10H,3,7-8H2,1-2H3. The Morgan fingerprint density at radius 1 is 1.45 bits per heavy atom. The molecule has 0 saturated heterocycles. The monoisotopic (exact) mass is 273 g/mol. The molecule has 0 atom stereocenters. The first-order valence-electron chi connectivity index (χ1n) is 6.91. The zero-order valence-electron chi connectivity index (χ0n) is 11.6. The van der Waals surface area contributed by atoms with Crippen molar-refractivity contribution in [2.45, 2.75) is 33.1 Å². The van der Waals surface area contributed by atoms with Crippen molar-refractivity contribution >= 4 is 16.9 Å². The van der Waals surface area contributed by atoms with Crippen LogP contribution in [0.5, 0.6) is 5.75 Å². The molecular weight excluding hydrogens is 257 g/mol. The molecule has 0 unspecified atom stereocenters. The topological polar surface area (TPSA) is 39.2 Å². The van der Waals surface area contributed by atoms with Gasteiger partial charge in [-0.15, -0.1) is 0 Å². The van der Waals surface area contributed by atoms with E-state index >= 15 is 0 Å². The van der Waals surface area contributed by atoms with Gasteiger partial charge in [0, 0.05) is 16.6 Å². The molecule has 0 N–H and O–H groups in total. The number of ether oxygens (including phenoxy) is 1. The Kier molecular flexibility index (Phi) is 3.16. The zero-order valence-corrected chi connectivity index (χ0v) is 11.6. The molecule has 20 heavy (non-hydrogen) atoms. The molecule has 3 rings (SSSR count). The highest BCUT2D eigenvalue weighted by Crippen LogP contribution is 2.35. The number of halogens is 1. The van der Waals surface area contributed by atoms with Crippen molar-refractivity contribution < 1.29 is 13.9 Å². The number of pyridine rings is 1. The molecule has 104 valence electrons. The summed E-state index contributed by atoms with van der Waals surface area (Å²) in [6.45, 7) is 3.82. The van der Waals surface area contributed by atoms with E-state index in [-0.39, 0.29) is 23.2 Å². The molecule has 1 aliphatic carbocycles. The second kappa shape index (κ2) is 4.85. The van der Waals surface area contributed by atoms with Crippen molar-refractivity contribution in [2.24, 2.45) is 5.92 Å². The third-order valence-corrected chi connectivity index (χ3v) is 3.70. The number of rotatable bonds is 3. The number of fused-ring (bicyclic) bond motifs is 1. The molecule has 0 bridgehead atoms. The third kappa shape index (κ3) is 2.15. The van der Waals surface area contributed by atoms with Gasteiger partial charge in [-0.1, -0.05) is 13.0 Å². The average molecular weight is 273 g/mol. The van der Waals surface area contributed by atoms with Crippen molar-refractivity contribution in [1.29, 1.82) is 0 Å². The molecule has 1 aromatic carbocycles. The van der Waals surface area contributed by atoms with Crippen molar-refractivity contribution in [3.63, 3.8) is 0 Å². The second-order valence-corrected chi connectivity index (χ2v) is 5.20. The van der Waals surface area contributed by atoms with Gasteiger partial charge in [0.25, 0.3) is 0 Å². The third-order valence-electron chi connectivity index (χ3n) is 3.70. The molecule has 0 spiro atoms. The second-order valence-electron chi connectivity index (χ2n) is 5.20. The van der Waals surface area contributed by atoms with E-state index in [0.29, 0.717) is 17.6 Å². The number of aryl methyl sites for hydroxylation is 1. The van der Waals surface area contributed by atoms with Crippen molar-refractivity contribution in [1.82, 2.24) is 4.98 Å². The molecule has 3 nitrogen and oxygen atoms in total. The fourth-order valence-corrected chi connectivity index (χ4v) is 2.34. The smallest absolute Gasteiger partial charge is 0.314 e. The highest BCUT2D eigenvalue weighted by Gasteiger charge is 2.32. The van der Waals surface area contributed by atoms with Gasteiger partial charge in [0.05, 0.1) is 5.92 Å². The Morgan fingerprint density at radius 2 is 2.20 bits per heavy atom. The van der Waals surface area contributed by atoms with E-state index in [9.17, 15) is 9.18 Å². The number of para-hydroxylation sites is 1. The Morgan fingerprint density at radius 3 is 2.85 bits per heavy atom. The average Bonchev–Trinajstić information content (AvgIpc) is 3.26. The van der Waals surface area contributed by atoms with Crippen LogP contribution in [0.3, 0.4) is 0 Å². The first kappa shape index (κ1) is 13.0. The minimum atomic E-state index is -0.388. The van der Waals surface area contributed by atoms with Gasteiger partial charge in [-0.2, -0.15) is 0 Å². The number of esters is 1. The zero-order chi connectivity index (χ0) is 14.3. The fourth-order valence-electron chi connectivity index (χ4n) is 2.34. The Bertz CT molecular complexity index is 692. The maximum absolute atomic E-state index is 13.9. The molecule has 2 aromatic rings. The van der Waals surface area contributed by atoms with Crippen LogP contribution in [-0.4, -0.2) is 11.0 Å². The van der Waals surface area contributed by atoms with Crippen LogP contribution in [-0.2, 0) is 11.2 Å². The molecule has 1 aliphatic rings. The molecule has 0 aliphatic heterocycles. The first-order valence-corrected chi connectivity index (χ1v) is 6.91. The van der Waals surface area contributed by atoms with Gasteiger partial charge in [0.1, 0.15) is 17.1 Å². The highest BCUT2D eigenvalue weighted by atomic mass is 19.1. The maximum atomic E-state index is 13.9. The van der Waals surface area contributed by atoms with Gasteiger partial charge in [0.15, 0.2) is 0 Å². The lowest BCUT2D eigenvalue weighted by Crippen LogP contribution is -2.12. The van der Waals surface area contributed by atoms with E-state index in [1.54, 1.807) is 12.1 Å². The van der Waals surface area contributed by atoms with E-state index in [4.69, 9.17) is 4.74 Å². The normalized spacial score (nSPS) is 14.6. The van der Waals surface area contributed by atoms with E-state index < -0.39 is 0 Å². The van der Waals surface area contributed by atoms with Crippen LogP contribution in [0.1, 0.15) is 31.0 Å². The molecule has 4 heteroatoms. The lowest BCUT2D eigenvalue weighted by Gasteiger charge is -2.13. The molecule has 0 radical (unpaired) electrons. The Hall–Kier alpha value is -1.97. The molecular formula is C16H16FNO2. The number of aromatic nitrogens is 1. The number of carbonyl (C=O) groups excluding carboxylic acids is 1. The van der Waals surface area contributed by atoms with Crippen molar-refractivity contribution in [2.75, 3.05) is 0 Å². The predicted octanol–water partition coefficient (Wildman–Crippen LogP) is 3.56. The Labute approximate surface area is 116 Å². The van der Waals surface area contributed by atoms with Crippen LogP contribution in [0, 0.1) is 18.7 Å². The predicted molar refractivity (Wildman–Crippen MR) is 74.2 cm³/mol. The van der Waals surface area contributed by atoms with Crippen LogP contribution < -0.4 is 4.74 Å². The summed E-state index contributed by atoms with van der Waals surface area (Å²) in [5.74, 6) is -0.132. The maximum Gasteiger partial charge on any atom is 0.314 e. The van der Waals surface area contributed by atoms with Crippen LogP contribution in [0.15, 0.2) is 18.2 Å². The fraction of sp³-hybridized carbons (Fsp3) is 0.375. The minimum Gasteiger partial charge on any atom is -0.425 e. The van der Waals surface area contributed by atoms with Gasteiger partial charge < -0.3 is 4.74 Å². The summed E-state index contributed by atoms with van der Waals surface area (Å²) in [5, 5.41) is 0.564. The molecule has 0 amide bonds. The van der Waals surface area contributed by atoms with E-state index in [1.165, 1.54) is 6.07 Å². The summed E-state index contributed by atoms with van der Waals surface area (Å²) in [4.78, 5) is 16.3. The van der Waals surface area contributed by atoms with Crippen LogP contribution in [0.4, 0.5) is 4.39 Å². The number of benzene rings is 1. The summed E-state index contributed by atoms with van der Waals surface area (Å²) >= 11 is 0. The van der Waals surface area contributed by atoms with Crippen LogP contribution in [0.25, 0.3) is 10.9 Å². The van der Waals surface area contributed by atoms with Crippen molar-refractivity contribution in [3.8, 4) is 5.75 Å². The lowest BCUT2D eigenvalue weighted by atomic mass is 10.1. The summed E-state index contributed by atoms with van der Waals surface area (Å²) in [5.41, 5.74) is 1.86. The molecule has 1 aromatic heterocycles. The quantitative estimate of drug-likeness (QED) is 0.803. The van der Waals surface area contributed by atoms with Gasteiger partial charge >= 0.3 is 5.97 Å². The molecule has 1 fully saturated rings. The SMILES string of the molecule is CCc1nc2c(F)cccc2c(OC(=O)C2CC2)c1C. The lowest BCUT2D eigenvalue weighted by molar-refractivity contribution is -0.135. The Balaban J connectivity index is 2.18. The van der Waals surface area contributed by atoms with Crippen LogP contribution >= 0.6 is 0 Å². The minimum absolute atomic E-state index is 0.0104. The molecule has 1 heterocycles. The largest absolute Gasteiger partial charge is 0.425 e. The van der Waals surface area contributed by atoms with Gasteiger partial charge in [-0.25, -0.2) is 9.37 Å². The van der Waals surface area contributed by atoms with Gasteiger partial charge in [-0.05, 0) is 38.3 Å². The summed E-state index contributed by atoms with van der Waals surface area (Å²) < 4.78 is 19.5. The highest BCUT2D eigenvalue weighted by molar-refractivity contribution is 5.90. The summed E-state index contributed by atoms with van der Waals surface area (Å²) in [7, 11) is 0. The number of hydrogen-bond acceptors (Lipinski definition) is 3. The molecule has 1 saturated carbocycles. The van der Waals surface area contributed by atoms with Gasteiger partial charge in [0.2, 0.25) is 0 Å². The first-order chi connectivity index (χ1) is 9.61.